The predicted octanol–water partition coefficient (Wildman–Crippen LogP) is 0.889. The fourth-order valence-corrected chi connectivity index (χ4v) is 1.62. The van der Waals surface area contributed by atoms with Gasteiger partial charge < -0.3 is 14.9 Å². The van der Waals surface area contributed by atoms with Crippen molar-refractivity contribution >= 4 is 5.78 Å². The third kappa shape index (κ3) is 1.36. The molecule has 4 heteroatoms. The van der Waals surface area contributed by atoms with E-state index in [0.29, 0.717) is 25.2 Å². The van der Waals surface area contributed by atoms with Crippen LogP contribution in [0.25, 0.3) is 0 Å². The van der Waals surface area contributed by atoms with Crippen molar-refractivity contribution in [2.45, 2.75) is 18.9 Å². The van der Waals surface area contributed by atoms with Crippen LogP contribution in [0.1, 0.15) is 22.3 Å². The van der Waals surface area contributed by atoms with Crippen LogP contribution >= 0.6 is 0 Å². The van der Waals surface area contributed by atoms with Crippen LogP contribution in [0.15, 0.2) is 16.9 Å². The smallest absolute Gasteiger partial charge is 0.188 e. The first-order chi connectivity index (χ1) is 6.63. The average Bonchev–Trinajstić information content (AvgIpc) is 2.74. The summed E-state index contributed by atoms with van der Waals surface area (Å²) in [5.41, 5.74) is 6.49. The van der Waals surface area contributed by atoms with Crippen LogP contribution in [0.2, 0.25) is 0 Å². The van der Waals surface area contributed by atoms with Gasteiger partial charge in [0.25, 0.3) is 0 Å². The van der Waals surface area contributed by atoms with Gasteiger partial charge in [0.1, 0.15) is 11.8 Å². The molecule has 1 unspecified atom stereocenters. The zero-order valence-electron chi connectivity index (χ0n) is 8.08. The standard InChI is InChI=1S/C10H13NO3/c1-7-4-14-5-8(7)9(12)10(11)2-3-13-6-10/h4-5H,2-3,6,11H2,1H3. The Bertz CT molecular complexity index is 350. The second kappa shape index (κ2) is 3.22. The van der Waals surface area contributed by atoms with E-state index in [1.54, 1.807) is 6.26 Å². The quantitative estimate of drug-likeness (QED) is 0.712. The molecule has 1 atom stereocenters. The highest BCUT2D eigenvalue weighted by Gasteiger charge is 2.39. The third-order valence-electron chi connectivity index (χ3n) is 2.60. The van der Waals surface area contributed by atoms with Crippen molar-refractivity contribution in [2.75, 3.05) is 13.2 Å². The zero-order chi connectivity index (χ0) is 10.2. The highest BCUT2D eigenvalue weighted by Crippen LogP contribution is 2.23. The fourth-order valence-electron chi connectivity index (χ4n) is 1.62. The van der Waals surface area contributed by atoms with Crippen molar-refractivity contribution in [1.82, 2.24) is 0 Å². The van der Waals surface area contributed by atoms with Gasteiger partial charge in [0.05, 0.1) is 18.4 Å². The minimum absolute atomic E-state index is 0.0822. The van der Waals surface area contributed by atoms with Gasteiger partial charge in [0.15, 0.2) is 5.78 Å². The Balaban J connectivity index is 2.28. The summed E-state index contributed by atoms with van der Waals surface area (Å²) in [4.78, 5) is 12.0. The van der Waals surface area contributed by atoms with E-state index in [1.165, 1.54) is 6.26 Å². The van der Waals surface area contributed by atoms with Crippen LogP contribution in [0, 0.1) is 6.92 Å². The van der Waals surface area contributed by atoms with Gasteiger partial charge >= 0.3 is 0 Å². The number of ketones is 1. The Morgan fingerprint density at radius 1 is 1.57 bits per heavy atom. The molecule has 0 saturated carbocycles. The van der Waals surface area contributed by atoms with Crippen molar-refractivity contribution < 1.29 is 13.9 Å². The third-order valence-corrected chi connectivity index (χ3v) is 2.60. The molecule has 0 bridgehead atoms. The van der Waals surface area contributed by atoms with E-state index in [4.69, 9.17) is 14.9 Å². The average molecular weight is 195 g/mol. The SMILES string of the molecule is Cc1cocc1C(=O)C1(N)CCOC1. The molecule has 14 heavy (non-hydrogen) atoms. The summed E-state index contributed by atoms with van der Waals surface area (Å²) < 4.78 is 10.1. The van der Waals surface area contributed by atoms with Gasteiger partial charge in [-0.2, -0.15) is 0 Å². The zero-order valence-corrected chi connectivity index (χ0v) is 8.08. The summed E-state index contributed by atoms with van der Waals surface area (Å²) in [7, 11) is 0. The maximum absolute atomic E-state index is 12.0. The minimum atomic E-state index is -0.853. The first-order valence-electron chi connectivity index (χ1n) is 4.58. The summed E-state index contributed by atoms with van der Waals surface area (Å²) in [5.74, 6) is -0.0822. The molecule has 1 aliphatic heterocycles. The van der Waals surface area contributed by atoms with E-state index < -0.39 is 5.54 Å². The molecule has 0 radical (unpaired) electrons. The van der Waals surface area contributed by atoms with E-state index in [1.807, 2.05) is 6.92 Å². The molecule has 0 aliphatic carbocycles. The number of rotatable bonds is 2. The largest absolute Gasteiger partial charge is 0.472 e. The molecule has 2 N–H and O–H groups in total. The lowest BCUT2D eigenvalue weighted by Gasteiger charge is -2.19. The van der Waals surface area contributed by atoms with Crippen molar-refractivity contribution in [3.8, 4) is 0 Å². The first-order valence-corrected chi connectivity index (χ1v) is 4.58. The second-order valence-electron chi connectivity index (χ2n) is 3.76. The molecule has 1 saturated heterocycles. The molecule has 2 rings (SSSR count). The van der Waals surface area contributed by atoms with E-state index in [0.717, 1.165) is 5.56 Å². The summed E-state index contributed by atoms with van der Waals surface area (Å²) in [6, 6.07) is 0. The lowest BCUT2D eigenvalue weighted by molar-refractivity contribution is 0.0862. The number of nitrogens with two attached hydrogens (primary N) is 1. The normalized spacial score (nSPS) is 26.7. The molecule has 4 nitrogen and oxygen atoms in total. The second-order valence-corrected chi connectivity index (χ2v) is 3.76. The summed E-state index contributed by atoms with van der Waals surface area (Å²) >= 11 is 0. The van der Waals surface area contributed by atoms with Gasteiger partial charge in [0, 0.05) is 6.61 Å². The number of aryl methyl sites for hydroxylation is 1. The molecule has 0 amide bonds. The van der Waals surface area contributed by atoms with Crippen molar-refractivity contribution in [3.05, 3.63) is 23.7 Å². The van der Waals surface area contributed by atoms with Crippen LogP contribution in [-0.4, -0.2) is 24.5 Å². The molecule has 0 spiro atoms. The molecular formula is C10H13NO3. The maximum Gasteiger partial charge on any atom is 0.188 e. The van der Waals surface area contributed by atoms with Gasteiger partial charge in [-0.1, -0.05) is 0 Å². The Hall–Kier alpha value is -1.13. The number of carbonyl (C=O) groups excluding carboxylic acids is 1. The van der Waals surface area contributed by atoms with Crippen LogP contribution in [0.3, 0.4) is 0 Å². The molecular weight excluding hydrogens is 182 g/mol. The lowest BCUT2D eigenvalue weighted by atomic mass is 9.89. The Kier molecular flexibility index (Phi) is 2.17. The molecule has 1 fully saturated rings. The van der Waals surface area contributed by atoms with Crippen LogP contribution < -0.4 is 5.73 Å². The molecule has 2 heterocycles. The maximum atomic E-state index is 12.0. The van der Waals surface area contributed by atoms with Crippen molar-refractivity contribution in [2.24, 2.45) is 5.73 Å². The number of ether oxygens (including phenoxy) is 1. The Morgan fingerprint density at radius 2 is 2.36 bits per heavy atom. The minimum Gasteiger partial charge on any atom is -0.472 e. The Labute approximate surface area is 82.0 Å². The topological polar surface area (TPSA) is 65.5 Å². The number of Topliss-reactive ketones (excluding diaryl/α,β-unsaturated/α-hetero) is 1. The first kappa shape index (κ1) is 9.43. The van der Waals surface area contributed by atoms with Crippen LogP contribution in [0.4, 0.5) is 0 Å². The number of hydrogen-bond acceptors (Lipinski definition) is 4. The molecule has 0 aromatic carbocycles. The Morgan fingerprint density at radius 3 is 2.86 bits per heavy atom. The van der Waals surface area contributed by atoms with Crippen LogP contribution in [-0.2, 0) is 4.74 Å². The van der Waals surface area contributed by atoms with Gasteiger partial charge in [0.2, 0.25) is 0 Å². The number of furan rings is 1. The number of carbonyl (C=O) groups is 1. The van der Waals surface area contributed by atoms with E-state index >= 15 is 0 Å². The van der Waals surface area contributed by atoms with Crippen molar-refractivity contribution in [1.29, 1.82) is 0 Å². The van der Waals surface area contributed by atoms with Gasteiger partial charge in [-0.25, -0.2) is 0 Å². The van der Waals surface area contributed by atoms with E-state index in [2.05, 4.69) is 0 Å². The highest BCUT2D eigenvalue weighted by molar-refractivity contribution is 6.04. The fraction of sp³-hybridized carbons (Fsp3) is 0.500. The molecule has 76 valence electrons. The van der Waals surface area contributed by atoms with Gasteiger partial charge in [-0.05, 0) is 18.9 Å². The monoisotopic (exact) mass is 195 g/mol. The lowest BCUT2D eigenvalue weighted by Crippen LogP contribution is -2.48. The van der Waals surface area contributed by atoms with Gasteiger partial charge in [-0.15, -0.1) is 0 Å². The van der Waals surface area contributed by atoms with Crippen molar-refractivity contribution in [3.63, 3.8) is 0 Å². The molecule has 1 aliphatic rings. The summed E-state index contributed by atoms with van der Waals surface area (Å²) in [6.07, 6.45) is 3.58. The van der Waals surface area contributed by atoms with Gasteiger partial charge in [-0.3, -0.25) is 4.79 Å². The molecule has 1 aromatic heterocycles. The number of hydrogen-bond donors (Lipinski definition) is 1. The van der Waals surface area contributed by atoms with Crippen LogP contribution in [0.5, 0.6) is 0 Å². The summed E-state index contributed by atoms with van der Waals surface area (Å²) in [6.45, 7) is 2.69. The summed E-state index contributed by atoms with van der Waals surface area (Å²) in [5, 5.41) is 0. The van der Waals surface area contributed by atoms with E-state index in [9.17, 15) is 4.79 Å². The predicted molar refractivity (Wildman–Crippen MR) is 50.1 cm³/mol. The highest BCUT2D eigenvalue weighted by atomic mass is 16.5. The van der Waals surface area contributed by atoms with E-state index in [-0.39, 0.29) is 5.78 Å². The molecule has 1 aromatic rings.